The van der Waals surface area contributed by atoms with Gasteiger partial charge < -0.3 is 20.3 Å². The number of anilines is 2. The van der Waals surface area contributed by atoms with Crippen LogP contribution >= 0.6 is 15.9 Å². The number of nitrogens with zero attached hydrogens (tertiary/aromatic N) is 4. The number of benzene rings is 3. The zero-order chi connectivity index (χ0) is 26.5. The number of aromatic hydroxyl groups is 1. The number of hydrogen-bond donors (Lipinski definition) is 3. The van der Waals surface area contributed by atoms with Gasteiger partial charge >= 0.3 is 11.8 Å². The van der Waals surface area contributed by atoms with Gasteiger partial charge in [0.2, 0.25) is 11.8 Å². The Balaban J connectivity index is 1.55. The van der Waals surface area contributed by atoms with E-state index in [1.807, 2.05) is 6.07 Å². The molecular weight excluding hydrogens is 548 g/mol. The van der Waals surface area contributed by atoms with Crippen LogP contribution in [0.15, 0.2) is 87.5 Å². The van der Waals surface area contributed by atoms with Crippen LogP contribution in [0.5, 0.6) is 5.88 Å². The van der Waals surface area contributed by atoms with E-state index >= 15 is 0 Å². The topological polar surface area (TPSA) is 168 Å². The van der Waals surface area contributed by atoms with Gasteiger partial charge in [-0.1, -0.05) is 34.1 Å². The number of nitrogens with one attached hydrogen (secondary N) is 2. The van der Waals surface area contributed by atoms with Crippen molar-refractivity contribution in [2.45, 2.75) is 6.54 Å². The van der Waals surface area contributed by atoms with E-state index in [9.17, 15) is 29.6 Å². The minimum absolute atomic E-state index is 0.111. The number of carbonyl (C=O) groups excluding carboxylic acids is 3. The van der Waals surface area contributed by atoms with Gasteiger partial charge in [-0.3, -0.25) is 24.5 Å². The molecule has 3 N–H and O–H groups in total. The zero-order valence-electron chi connectivity index (χ0n) is 18.8. The Morgan fingerprint density at radius 2 is 1.65 bits per heavy atom. The Bertz CT molecular complexity index is 1550. The fourth-order valence-electron chi connectivity index (χ4n) is 3.41. The minimum atomic E-state index is -1.27. The van der Waals surface area contributed by atoms with Crippen LogP contribution in [0.3, 0.4) is 0 Å². The van der Waals surface area contributed by atoms with Gasteiger partial charge in [-0.25, -0.2) is 0 Å². The van der Waals surface area contributed by atoms with E-state index in [-0.39, 0.29) is 23.6 Å². The number of nitro benzene ring substituents is 1. The van der Waals surface area contributed by atoms with Gasteiger partial charge in [0.15, 0.2) is 5.69 Å². The summed E-state index contributed by atoms with van der Waals surface area (Å²) in [6, 6.07) is 18.6. The molecule has 0 saturated carbocycles. The number of aromatic nitrogens is 1. The molecule has 0 aliphatic carbocycles. The van der Waals surface area contributed by atoms with Crippen molar-refractivity contribution >= 4 is 67.3 Å². The second-order valence-corrected chi connectivity index (χ2v) is 8.51. The third-order valence-corrected chi connectivity index (χ3v) is 5.60. The maximum atomic E-state index is 12.6. The maximum Gasteiger partial charge on any atom is 0.353 e. The summed E-state index contributed by atoms with van der Waals surface area (Å²) in [5.74, 6) is -3.24. The highest BCUT2D eigenvalue weighted by molar-refractivity contribution is 9.10. The summed E-state index contributed by atoms with van der Waals surface area (Å²) in [6.45, 7) is -0.261. The summed E-state index contributed by atoms with van der Waals surface area (Å²) in [6.07, 6.45) is 0. The third-order valence-electron chi connectivity index (χ3n) is 5.10. The molecule has 12 nitrogen and oxygen atoms in total. The second-order valence-electron chi connectivity index (χ2n) is 7.60. The molecule has 3 aromatic carbocycles. The van der Waals surface area contributed by atoms with Crippen molar-refractivity contribution in [1.82, 2.24) is 4.57 Å². The molecule has 4 aromatic rings. The zero-order valence-corrected chi connectivity index (χ0v) is 20.4. The summed E-state index contributed by atoms with van der Waals surface area (Å²) in [5, 5.41) is 34.1. The van der Waals surface area contributed by atoms with Gasteiger partial charge in [-0.2, -0.15) is 0 Å². The molecule has 186 valence electrons. The Morgan fingerprint density at radius 3 is 2.32 bits per heavy atom. The van der Waals surface area contributed by atoms with Crippen molar-refractivity contribution in [3.8, 4) is 5.88 Å². The number of hydrogen-bond acceptors (Lipinski definition) is 7. The molecular formula is C24H17BrN6O6. The third kappa shape index (κ3) is 5.85. The number of rotatable bonds is 6. The first-order valence-corrected chi connectivity index (χ1v) is 11.4. The molecule has 3 amide bonds. The van der Waals surface area contributed by atoms with Gasteiger partial charge in [0, 0.05) is 33.4 Å². The molecule has 0 aliphatic heterocycles. The number of nitro groups is 1. The molecule has 0 aliphatic rings. The van der Waals surface area contributed by atoms with Crippen LogP contribution in [-0.4, -0.2) is 32.3 Å². The molecule has 0 fully saturated rings. The highest BCUT2D eigenvalue weighted by atomic mass is 79.9. The van der Waals surface area contributed by atoms with Crippen LogP contribution in [0.1, 0.15) is 0 Å². The minimum Gasteiger partial charge on any atom is -0.493 e. The lowest BCUT2D eigenvalue weighted by Crippen LogP contribution is -2.20. The number of fused-ring (bicyclic) bond motifs is 1. The van der Waals surface area contributed by atoms with Gasteiger partial charge in [-0.15, -0.1) is 10.2 Å². The van der Waals surface area contributed by atoms with Crippen LogP contribution in [0, 0.1) is 10.1 Å². The predicted octanol–water partition coefficient (Wildman–Crippen LogP) is 4.91. The van der Waals surface area contributed by atoms with Gasteiger partial charge in [0.05, 0.1) is 10.4 Å². The fraction of sp³-hybridized carbons (Fsp3) is 0.0417. The number of amides is 3. The maximum absolute atomic E-state index is 12.6. The highest BCUT2D eigenvalue weighted by Crippen LogP contribution is 2.40. The molecule has 0 radical (unpaired) electrons. The summed E-state index contributed by atoms with van der Waals surface area (Å²) in [4.78, 5) is 47.2. The average Bonchev–Trinajstić information content (AvgIpc) is 3.12. The van der Waals surface area contributed by atoms with E-state index in [2.05, 4.69) is 36.8 Å². The molecule has 0 saturated heterocycles. The van der Waals surface area contributed by atoms with E-state index in [4.69, 9.17) is 0 Å². The summed E-state index contributed by atoms with van der Waals surface area (Å²) in [7, 11) is 0. The first-order valence-electron chi connectivity index (χ1n) is 10.6. The van der Waals surface area contributed by atoms with Crippen LogP contribution < -0.4 is 10.6 Å². The molecule has 0 atom stereocenters. The highest BCUT2D eigenvalue weighted by Gasteiger charge is 2.21. The van der Waals surface area contributed by atoms with E-state index in [0.29, 0.717) is 21.1 Å². The first kappa shape index (κ1) is 25.2. The van der Waals surface area contributed by atoms with Crippen molar-refractivity contribution in [3.63, 3.8) is 0 Å². The van der Waals surface area contributed by atoms with E-state index in [1.54, 1.807) is 42.5 Å². The molecule has 13 heteroatoms. The Morgan fingerprint density at radius 1 is 0.973 bits per heavy atom. The smallest absolute Gasteiger partial charge is 0.353 e. The molecule has 4 rings (SSSR count). The quantitative estimate of drug-likeness (QED) is 0.130. The Kier molecular flexibility index (Phi) is 7.34. The number of azo groups is 1. The molecule has 0 bridgehead atoms. The van der Waals surface area contributed by atoms with Crippen LogP contribution in [0.4, 0.5) is 22.7 Å². The lowest BCUT2D eigenvalue weighted by atomic mass is 10.2. The lowest BCUT2D eigenvalue weighted by Gasteiger charge is -2.08. The van der Waals surface area contributed by atoms with E-state index in [0.717, 1.165) is 0 Å². The normalized spacial score (nSPS) is 10.9. The molecule has 37 heavy (non-hydrogen) atoms. The standard InChI is InChI=1S/C24H17BrN6O6/c25-14-6-11-19-18(12-14)21(24(35)30(19)13-20(32)26-15-4-2-1-3-5-15)28-29-23(34)22(33)27-16-7-9-17(10-8-16)31(36)37/h1-12,35H,13H2,(H,26,32)(H,27,33). The molecule has 0 spiro atoms. The van der Waals surface area contributed by atoms with Crippen molar-refractivity contribution in [2.75, 3.05) is 10.6 Å². The van der Waals surface area contributed by atoms with Crippen molar-refractivity contribution in [1.29, 1.82) is 0 Å². The number of halogens is 1. The van der Waals surface area contributed by atoms with Gasteiger partial charge in [-0.05, 0) is 42.5 Å². The summed E-state index contributed by atoms with van der Waals surface area (Å²) in [5.41, 5.74) is 0.878. The predicted molar refractivity (Wildman–Crippen MR) is 138 cm³/mol. The van der Waals surface area contributed by atoms with Gasteiger partial charge in [0.25, 0.3) is 5.69 Å². The Labute approximate surface area is 216 Å². The molecule has 0 unspecified atom stereocenters. The average molecular weight is 565 g/mol. The second kappa shape index (κ2) is 10.8. The summed E-state index contributed by atoms with van der Waals surface area (Å²) >= 11 is 3.33. The largest absolute Gasteiger partial charge is 0.493 e. The first-order chi connectivity index (χ1) is 17.7. The number of para-hydroxylation sites is 1. The van der Waals surface area contributed by atoms with Crippen LogP contribution in [0.2, 0.25) is 0 Å². The fourth-order valence-corrected chi connectivity index (χ4v) is 3.77. The van der Waals surface area contributed by atoms with Gasteiger partial charge in [0.1, 0.15) is 6.54 Å². The van der Waals surface area contributed by atoms with Crippen LogP contribution in [0.25, 0.3) is 10.9 Å². The van der Waals surface area contributed by atoms with E-state index in [1.165, 1.54) is 28.8 Å². The molecule has 1 aromatic heterocycles. The van der Waals surface area contributed by atoms with Crippen molar-refractivity contribution < 1.29 is 24.4 Å². The molecule has 1 heterocycles. The SMILES string of the molecule is O=C(Cn1c(O)c(N=NC(=O)C(=O)Nc2ccc([N+](=O)[O-])cc2)c2cc(Br)ccc21)Nc1ccccc1. The van der Waals surface area contributed by atoms with Crippen molar-refractivity contribution in [2.24, 2.45) is 10.2 Å². The Hall–Kier alpha value is -4.91. The van der Waals surface area contributed by atoms with Crippen molar-refractivity contribution in [3.05, 3.63) is 87.4 Å². The number of carbonyl (C=O) groups is 3. The lowest BCUT2D eigenvalue weighted by molar-refractivity contribution is -0.384. The monoisotopic (exact) mass is 564 g/mol. The summed E-state index contributed by atoms with van der Waals surface area (Å²) < 4.78 is 1.94. The van der Waals surface area contributed by atoms with E-state index < -0.39 is 28.5 Å². The van der Waals surface area contributed by atoms with Crippen LogP contribution in [-0.2, 0) is 20.9 Å². The number of non-ortho nitro benzene ring substituents is 1.